The summed E-state index contributed by atoms with van der Waals surface area (Å²) in [4.78, 5) is 12.3. The van der Waals surface area contributed by atoms with Crippen molar-refractivity contribution in [1.29, 1.82) is 0 Å². The van der Waals surface area contributed by atoms with E-state index < -0.39 is 0 Å². The molecule has 0 aliphatic carbocycles. The van der Waals surface area contributed by atoms with Gasteiger partial charge in [-0.25, -0.2) is 15.0 Å². The van der Waals surface area contributed by atoms with Gasteiger partial charge in [0.15, 0.2) is 0 Å². The van der Waals surface area contributed by atoms with Gasteiger partial charge in [0.2, 0.25) is 5.89 Å². The first-order chi connectivity index (χ1) is 6.25. The highest BCUT2D eigenvalue weighted by Crippen LogP contribution is 2.15. The van der Waals surface area contributed by atoms with E-state index in [0.29, 0.717) is 11.7 Å². The normalized spacial score (nSPS) is 10.3. The largest absolute Gasteiger partial charge is 0.440 e. The number of nitrogens with zero attached hydrogens (tertiary/aromatic N) is 3. The summed E-state index contributed by atoms with van der Waals surface area (Å²) in [6.07, 6.45) is 3.37. The lowest BCUT2D eigenvalue weighted by molar-refractivity contribution is 0.540. The van der Waals surface area contributed by atoms with E-state index >= 15 is 0 Å². The van der Waals surface area contributed by atoms with Gasteiger partial charge in [0, 0.05) is 6.20 Å². The fourth-order valence-electron chi connectivity index (χ4n) is 1.05. The molecule has 0 aliphatic rings. The van der Waals surface area contributed by atoms with E-state index in [2.05, 4.69) is 15.0 Å². The van der Waals surface area contributed by atoms with E-state index in [9.17, 15) is 0 Å². The molecule has 4 nitrogen and oxygen atoms in total. The van der Waals surface area contributed by atoms with E-state index in [-0.39, 0.29) is 0 Å². The summed E-state index contributed by atoms with van der Waals surface area (Å²) in [7, 11) is 0. The van der Waals surface area contributed by atoms with E-state index in [1.807, 2.05) is 13.8 Å². The Morgan fingerprint density at radius 3 is 2.69 bits per heavy atom. The average Bonchev–Trinajstić information content (AvgIpc) is 2.52. The SMILES string of the molecule is Cc1nccc(-c2ncc(C)o2)n1. The monoisotopic (exact) mass is 175 g/mol. The molecule has 0 saturated carbocycles. The van der Waals surface area contributed by atoms with Crippen molar-refractivity contribution in [3.63, 3.8) is 0 Å². The molecule has 0 bridgehead atoms. The number of aromatic nitrogens is 3. The van der Waals surface area contributed by atoms with Crippen molar-refractivity contribution >= 4 is 0 Å². The minimum absolute atomic E-state index is 0.544. The maximum absolute atomic E-state index is 5.32. The van der Waals surface area contributed by atoms with Crippen LogP contribution in [0.15, 0.2) is 22.9 Å². The van der Waals surface area contributed by atoms with Crippen molar-refractivity contribution < 1.29 is 4.42 Å². The second-order valence-electron chi connectivity index (χ2n) is 2.77. The first-order valence-electron chi connectivity index (χ1n) is 3.98. The smallest absolute Gasteiger partial charge is 0.245 e. The van der Waals surface area contributed by atoms with Gasteiger partial charge < -0.3 is 4.42 Å². The fourth-order valence-corrected chi connectivity index (χ4v) is 1.05. The summed E-state index contributed by atoms with van der Waals surface area (Å²) in [5.74, 6) is 2.04. The molecule has 0 saturated heterocycles. The highest BCUT2D eigenvalue weighted by Gasteiger charge is 2.05. The van der Waals surface area contributed by atoms with Crippen LogP contribution in [0, 0.1) is 13.8 Å². The maximum atomic E-state index is 5.32. The van der Waals surface area contributed by atoms with Crippen LogP contribution in [0.2, 0.25) is 0 Å². The number of aryl methyl sites for hydroxylation is 2. The summed E-state index contributed by atoms with van der Waals surface area (Å²) in [5.41, 5.74) is 0.723. The summed E-state index contributed by atoms with van der Waals surface area (Å²) >= 11 is 0. The Kier molecular flexibility index (Phi) is 1.81. The zero-order valence-corrected chi connectivity index (χ0v) is 7.48. The number of hydrogen-bond acceptors (Lipinski definition) is 4. The topological polar surface area (TPSA) is 51.8 Å². The Hall–Kier alpha value is -1.71. The van der Waals surface area contributed by atoms with Crippen molar-refractivity contribution in [1.82, 2.24) is 15.0 Å². The fraction of sp³-hybridized carbons (Fsp3) is 0.222. The quantitative estimate of drug-likeness (QED) is 0.662. The zero-order chi connectivity index (χ0) is 9.26. The van der Waals surface area contributed by atoms with Gasteiger partial charge in [-0.3, -0.25) is 0 Å². The molecule has 0 fully saturated rings. The highest BCUT2D eigenvalue weighted by atomic mass is 16.4. The predicted octanol–water partition coefficient (Wildman–Crippen LogP) is 1.75. The zero-order valence-electron chi connectivity index (χ0n) is 7.48. The van der Waals surface area contributed by atoms with Crippen LogP contribution in [0.4, 0.5) is 0 Å². The van der Waals surface area contributed by atoms with Crippen molar-refractivity contribution in [3.8, 4) is 11.6 Å². The average molecular weight is 175 g/mol. The van der Waals surface area contributed by atoms with Crippen LogP contribution in [-0.4, -0.2) is 15.0 Å². The molecule has 0 amide bonds. The molecule has 0 spiro atoms. The molecular weight excluding hydrogens is 166 g/mol. The predicted molar refractivity (Wildman–Crippen MR) is 47.0 cm³/mol. The first-order valence-corrected chi connectivity index (χ1v) is 3.98. The van der Waals surface area contributed by atoms with Crippen LogP contribution in [0.1, 0.15) is 11.6 Å². The lowest BCUT2D eigenvalue weighted by Gasteiger charge is -1.94. The molecule has 0 N–H and O–H groups in total. The van der Waals surface area contributed by atoms with Crippen molar-refractivity contribution in [2.24, 2.45) is 0 Å². The molecule has 13 heavy (non-hydrogen) atoms. The second-order valence-corrected chi connectivity index (χ2v) is 2.77. The number of oxazole rings is 1. The van der Waals surface area contributed by atoms with Gasteiger partial charge in [-0.1, -0.05) is 0 Å². The van der Waals surface area contributed by atoms with Gasteiger partial charge in [0.05, 0.1) is 6.20 Å². The third-order valence-corrected chi connectivity index (χ3v) is 1.62. The molecule has 4 heteroatoms. The lowest BCUT2D eigenvalue weighted by atomic mass is 10.4. The summed E-state index contributed by atoms with van der Waals surface area (Å²) in [5, 5.41) is 0. The Balaban J connectivity index is 2.46. The molecule has 0 unspecified atom stereocenters. The second kappa shape index (κ2) is 2.97. The van der Waals surface area contributed by atoms with Gasteiger partial charge in [-0.2, -0.15) is 0 Å². The van der Waals surface area contributed by atoms with Crippen LogP contribution < -0.4 is 0 Å². The maximum Gasteiger partial charge on any atom is 0.245 e. The molecule has 0 aromatic carbocycles. The van der Waals surface area contributed by atoms with Crippen molar-refractivity contribution in [2.45, 2.75) is 13.8 Å². The molecule has 2 heterocycles. The minimum Gasteiger partial charge on any atom is -0.440 e. The highest BCUT2D eigenvalue weighted by molar-refractivity contribution is 5.45. The van der Waals surface area contributed by atoms with Gasteiger partial charge in [0.1, 0.15) is 17.3 Å². The lowest BCUT2D eigenvalue weighted by Crippen LogP contribution is -1.89. The van der Waals surface area contributed by atoms with Crippen LogP contribution in [-0.2, 0) is 0 Å². The summed E-state index contributed by atoms with van der Waals surface area (Å²) in [6, 6.07) is 1.78. The number of rotatable bonds is 1. The van der Waals surface area contributed by atoms with E-state index in [4.69, 9.17) is 4.42 Å². The van der Waals surface area contributed by atoms with E-state index in [1.165, 1.54) is 0 Å². The van der Waals surface area contributed by atoms with E-state index in [0.717, 1.165) is 11.5 Å². The summed E-state index contributed by atoms with van der Waals surface area (Å²) < 4.78 is 5.32. The van der Waals surface area contributed by atoms with Crippen LogP contribution in [0.5, 0.6) is 0 Å². The van der Waals surface area contributed by atoms with Crippen LogP contribution in [0.25, 0.3) is 11.6 Å². The standard InChI is InChI=1S/C9H9N3O/c1-6-5-11-9(13-6)8-3-4-10-7(2)12-8/h3-5H,1-2H3. The number of hydrogen-bond donors (Lipinski definition) is 0. The third-order valence-electron chi connectivity index (χ3n) is 1.62. The van der Waals surface area contributed by atoms with Gasteiger partial charge >= 0.3 is 0 Å². The van der Waals surface area contributed by atoms with Gasteiger partial charge in [-0.15, -0.1) is 0 Å². The summed E-state index contributed by atoms with van der Waals surface area (Å²) in [6.45, 7) is 3.68. The van der Waals surface area contributed by atoms with Crippen molar-refractivity contribution in [3.05, 3.63) is 30.0 Å². The van der Waals surface area contributed by atoms with Crippen LogP contribution >= 0.6 is 0 Å². The molecule has 2 rings (SSSR count). The Bertz CT molecular complexity index is 422. The van der Waals surface area contributed by atoms with Gasteiger partial charge in [-0.05, 0) is 19.9 Å². The first kappa shape index (κ1) is 7.91. The molecule has 0 aliphatic heterocycles. The Labute approximate surface area is 75.7 Å². The minimum atomic E-state index is 0.544. The third kappa shape index (κ3) is 1.56. The molecule has 2 aromatic rings. The van der Waals surface area contributed by atoms with Gasteiger partial charge in [0.25, 0.3) is 0 Å². The van der Waals surface area contributed by atoms with E-state index in [1.54, 1.807) is 18.5 Å². The molecule has 66 valence electrons. The Morgan fingerprint density at radius 2 is 2.08 bits per heavy atom. The van der Waals surface area contributed by atoms with Crippen LogP contribution in [0.3, 0.4) is 0 Å². The molecule has 0 radical (unpaired) electrons. The molecule has 2 aromatic heterocycles. The van der Waals surface area contributed by atoms with Crippen molar-refractivity contribution in [2.75, 3.05) is 0 Å². The Morgan fingerprint density at radius 1 is 1.23 bits per heavy atom. The molecular formula is C9H9N3O. The molecule has 0 atom stereocenters.